The van der Waals surface area contributed by atoms with Crippen LogP contribution >= 0.6 is 0 Å². The second-order valence-corrected chi connectivity index (χ2v) is 5.41. The van der Waals surface area contributed by atoms with Crippen molar-refractivity contribution in [1.29, 1.82) is 0 Å². The Kier molecular flexibility index (Phi) is 3.37. The third kappa shape index (κ3) is 2.61. The Balaban J connectivity index is 1.82. The van der Waals surface area contributed by atoms with E-state index in [1.165, 1.54) is 4.90 Å². The average Bonchev–Trinajstić information content (AvgIpc) is 3.21. The summed E-state index contributed by atoms with van der Waals surface area (Å²) >= 11 is 0. The fourth-order valence-corrected chi connectivity index (χ4v) is 2.57. The van der Waals surface area contributed by atoms with Crippen LogP contribution in [-0.2, 0) is 16.1 Å². The number of carbonyl (C=O) groups excluding carboxylic acids is 1. The van der Waals surface area contributed by atoms with Gasteiger partial charge < -0.3 is 10.0 Å². The van der Waals surface area contributed by atoms with E-state index in [4.69, 9.17) is 5.11 Å². The van der Waals surface area contributed by atoms with Gasteiger partial charge in [-0.3, -0.25) is 9.48 Å². The summed E-state index contributed by atoms with van der Waals surface area (Å²) in [6.07, 6.45) is 3.47. The van der Waals surface area contributed by atoms with Gasteiger partial charge in [0.05, 0.1) is 11.7 Å². The average molecular weight is 287 g/mol. The summed E-state index contributed by atoms with van der Waals surface area (Å²) in [5, 5.41) is 14.4. The first kappa shape index (κ1) is 13.6. The highest BCUT2D eigenvalue weighted by molar-refractivity contribution is 5.85. The zero-order valence-corrected chi connectivity index (χ0v) is 11.8. The molecule has 0 radical (unpaired) electrons. The second-order valence-electron chi connectivity index (χ2n) is 5.41. The van der Waals surface area contributed by atoms with E-state index in [-0.39, 0.29) is 18.5 Å². The van der Waals surface area contributed by atoms with Crippen molar-refractivity contribution >= 4 is 22.8 Å². The van der Waals surface area contributed by atoms with E-state index >= 15 is 0 Å². The lowest BCUT2D eigenvalue weighted by atomic mass is 10.2. The van der Waals surface area contributed by atoms with Gasteiger partial charge in [0.25, 0.3) is 0 Å². The molecule has 1 amide bonds. The fourth-order valence-electron chi connectivity index (χ4n) is 2.57. The number of amides is 1. The normalized spacial score (nSPS) is 15.9. The SMILES string of the molecule is CC(C(=O)O)N(C(=O)Cn1ncc2ccccc21)C1CC1. The summed E-state index contributed by atoms with van der Waals surface area (Å²) < 4.78 is 1.63. The molecule has 1 N–H and O–H groups in total. The first-order chi connectivity index (χ1) is 10.1. The molecule has 0 saturated heterocycles. The van der Waals surface area contributed by atoms with Gasteiger partial charge >= 0.3 is 5.97 Å². The molecular weight excluding hydrogens is 270 g/mol. The topological polar surface area (TPSA) is 75.4 Å². The Bertz CT molecular complexity index is 690. The Hall–Kier alpha value is -2.37. The molecule has 1 saturated carbocycles. The summed E-state index contributed by atoms with van der Waals surface area (Å²) in [5.41, 5.74) is 0.879. The molecule has 0 spiro atoms. The zero-order chi connectivity index (χ0) is 15.0. The van der Waals surface area contributed by atoms with E-state index < -0.39 is 12.0 Å². The molecule has 1 unspecified atom stereocenters. The van der Waals surface area contributed by atoms with Crippen LogP contribution in [0.5, 0.6) is 0 Å². The van der Waals surface area contributed by atoms with E-state index in [0.29, 0.717) is 0 Å². The minimum atomic E-state index is -0.972. The molecular formula is C15H17N3O3. The van der Waals surface area contributed by atoms with Gasteiger partial charge in [0.1, 0.15) is 12.6 Å². The number of carboxylic acid groups (broad SMARTS) is 1. The van der Waals surface area contributed by atoms with Crippen LogP contribution in [0.1, 0.15) is 19.8 Å². The Morgan fingerprint density at radius 1 is 1.43 bits per heavy atom. The van der Waals surface area contributed by atoms with E-state index in [1.54, 1.807) is 17.8 Å². The Labute approximate surface area is 122 Å². The number of hydrogen-bond acceptors (Lipinski definition) is 3. The maximum Gasteiger partial charge on any atom is 0.326 e. The minimum absolute atomic E-state index is 0.0606. The number of fused-ring (bicyclic) bond motifs is 1. The van der Waals surface area contributed by atoms with Gasteiger partial charge in [-0.2, -0.15) is 5.10 Å². The van der Waals surface area contributed by atoms with Crippen molar-refractivity contribution in [1.82, 2.24) is 14.7 Å². The maximum absolute atomic E-state index is 12.5. The number of carbonyl (C=O) groups is 2. The van der Waals surface area contributed by atoms with Gasteiger partial charge in [-0.1, -0.05) is 18.2 Å². The number of benzene rings is 1. The molecule has 2 aromatic rings. The predicted octanol–water partition coefficient (Wildman–Crippen LogP) is 1.50. The molecule has 1 aromatic heterocycles. The molecule has 1 fully saturated rings. The summed E-state index contributed by atoms with van der Waals surface area (Å²) in [5.74, 6) is -1.16. The number of nitrogens with zero attached hydrogens (tertiary/aromatic N) is 3. The molecule has 1 aliphatic carbocycles. The van der Waals surface area contributed by atoms with Crippen molar-refractivity contribution < 1.29 is 14.7 Å². The van der Waals surface area contributed by atoms with Gasteiger partial charge in [-0.05, 0) is 25.8 Å². The van der Waals surface area contributed by atoms with Crippen LogP contribution in [0.25, 0.3) is 10.9 Å². The van der Waals surface area contributed by atoms with Crippen molar-refractivity contribution in [3.8, 4) is 0 Å². The Morgan fingerprint density at radius 3 is 2.81 bits per heavy atom. The quantitative estimate of drug-likeness (QED) is 0.904. The van der Waals surface area contributed by atoms with Crippen molar-refractivity contribution in [2.45, 2.75) is 38.4 Å². The molecule has 1 aromatic carbocycles. The predicted molar refractivity (Wildman–Crippen MR) is 76.7 cm³/mol. The van der Waals surface area contributed by atoms with Crippen LogP contribution in [0, 0.1) is 0 Å². The minimum Gasteiger partial charge on any atom is -0.480 e. The van der Waals surface area contributed by atoms with E-state index in [0.717, 1.165) is 23.7 Å². The monoisotopic (exact) mass is 287 g/mol. The summed E-state index contributed by atoms with van der Waals surface area (Å²) in [4.78, 5) is 25.1. The maximum atomic E-state index is 12.5. The molecule has 6 heteroatoms. The van der Waals surface area contributed by atoms with Gasteiger partial charge in [0.15, 0.2) is 0 Å². The van der Waals surface area contributed by atoms with Crippen LogP contribution in [0.2, 0.25) is 0 Å². The van der Waals surface area contributed by atoms with Crippen LogP contribution in [0.3, 0.4) is 0 Å². The van der Waals surface area contributed by atoms with Crippen LogP contribution < -0.4 is 0 Å². The second kappa shape index (κ2) is 5.20. The molecule has 1 heterocycles. The molecule has 0 bridgehead atoms. The largest absolute Gasteiger partial charge is 0.480 e. The highest BCUT2D eigenvalue weighted by Crippen LogP contribution is 2.29. The molecule has 6 nitrogen and oxygen atoms in total. The highest BCUT2D eigenvalue weighted by atomic mass is 16.4. The standard InChI is InChI=1S/C15H17N3O3/c1-10(15(20)21)18(12-6-7-12)14(19)9-17-13-5-3-2-4-11(13)8-16-17/h2-5,8,10,12H,6-7,9H2,1H3,(H,20,21). The van der Waals surface area contributed by atoms with Crippen LogP contribution in [0.4, 0.5) is 0 Å². The number of carboxylic acids is 1. The number of aromatic nitrogens is 2. The van der Waals surface area contributed by atoms with Gasteiger partial charge in [0.2, 0.25) is 5.91 Å². The van der Waals surface area contributed by atoms with Crippen molar-refractivity contribution in [3.63, 3.8) is 0 Å². The summed E-state index contributed by atoms with van der Waals surface area (Å²) in [7, 11) is 0. The van der Waals surface area contributed by atoms with Crippen molar-refractivity contribution in [3.05, 3.63) is 30.5 Å². The molecule has 0 aliphatic heterocycles. The first-order valence-electron chi connectivity index (χ1n) is 7.02. The molecule has 21 heavy (non-hydrogen) atoms. The van der Waals surface area contributed by atoms with Gasteiger partial charge in [0, 0.05) is 11.4 Å². The first-order valence-corrected chi connectivity index (χ1v) is 7.02. The molecule has 1 aliphatic rings. The van der Waals surface area contributed by atoms with Crippen molar-refractivity contribution in [2.75, 3.05) is 0 Å². The summed E-state index contributed by atoms with van der Waals surface area (Å²) in [6, 6.07) is 6.90. The lowest BCUT2D eigenvalue weighted by molar-refractivity contribution is -0.150. The number of aliphatic carboxylic acids is 1. The third-order valence-corrected chi connectivity index (χ3v) is 3.84. The van der Waals surface area contributed by atoms with Gasteiger partial charge in [-0.15, -0.1) is 0 Å². The number of para-hydroxylation sites is 1. The lowest BCUT2D eigenvalue weighted by Gasteiger charge is -2.26. The Morgan fingerprint density at radius 2 is 2.14 bits per heavy atom. The number of rotatable bonds is 5. The van der Waals surface area contributed by atoms with Crippen molar-refractivity contribution in [2.24, 2.45) is 0 Å². The molecule has 110 valence electrons. The highest BCUT2D eigenvalue weighted by Gasteiger charge is 2.38. The van der Waals surface area contributed by atoms with E-state index in [2.05, 4.69) is 5.10 Å². The number of hydrogen-bond donors (Lipinski definition) is 1. The molecule has 1 atom stereocenters. The fraction of sp³-hybridized carbons (Fsp3) is 0.400. The van der Waals surface area contributed by atoms with Crippen LogP contribution in [0.15, 0.2) is 30.5 Å². The molecule has 3 rings (SSSR count). The third-order valence-electron chi connectivity index (χ3n) is 3.84. The lowest BCUT2D eigenvalue weighted by Crippen LogP contribution is -2.46. The summed E-state index contributed by atoms with van der Waals surface area (Å²) in [6.45, 7) is 1.63. The van der Waals surface area contributed by atoms with E-state index in [1.807, 2.05) is 24.3 Å². The van der Waals surface area contributed by atoms with Crippen LogP contribution in [-0.4, -0.2) is 43.7 Å². The zero-order valence-electron chi connectivity index (χ0n) is 11.8. The van der Waals surface area contributed by atoms with E-state index in [9.17, 15) is 9.59 Å². The van der Waals surface area contributed by atoms with Gasteiger partial charge in [-0.25, -0.2) is 4.79 Å². The smallest absolute Gasteiger partial charge is 0.326 e.